The Kier molecular flexibility index (Phi) is 6.26. The first-order valence-corrected chi connectivity index (χ1v) is 9.48. The van der Waals surface area contributed by atoms with Gasteiger partial charge in [0.25, 0.3) is 5.91 Å². The number of carbonyl (C=O) groups excluding carboxylic acids is 1. The average molecular weight is 399 g/mol. The molecule has 3 rings (SSSR count). The molecule has 1 atom stereocenters. The Morgan fingerprint density at radius 2 is 1.76 bits per heavy atom. The third kappa shape index (κ3) is 4.29. The third-order valence-corrected chi connectivity index (χ3v) is 5.04. The number of hydrogen-bond donors (Lipinski definition) is 1. The van der Waals surface area contributed by atoms with Crippen LogP contribution in [-0.2, 0) is 11.2 Å². The molecular formula is C22H25NO6. The molecule has 7 nitrogen and oxygen atoms in total. The second-order valence-electron chi connectivity index (χ2n) is 6.73. The highest BCUT2D eigenvalue weighted by molar-refractivity contribution is 5.95. The molecule has 0 saturated heterocycles. The number of hydrogen-bond acceptors (Lipinski definition) is 5. The molecule has 1 aliphatic rings. The summed E-state index contributed by atoms with van der Waals surface area (Å²) < 4.78 is 16.2. The Hall–Kier alpha value is -3.22. The van der Waals surface area contributed by atoms with Crippen molar-refractivity contribution >= 4 is 11.9 Å². The molecule has 0 bridgehead atoms. The van der Waals surface area contributed by atoms with E-state index >= 15 is 0 Å². The smallest absolute Gasteiger partial charge is 0.305 e. The molecule has 7 heteroatoms. The maximum atomic E-state index is 13.2. The molecule has 0 aromatic heterocycles. The number of rotatable bonds is 7. The number of amides is 1. The summed E-state index contributed by atoms with van der Waals surface area (Å²) in [5.41, 5.74) is 2.23. The van der Waals surface area contributed by atoms with Gasteiger partial charge in [-0.05, 0) is 60.9 Å². The number of carboxylic acid groups (broad SMARTS) is 1. The van der Waals surface area contributed by atoms with Gasteiger partial charge in [-0.25, -0.2) is 0 Å². The highest BCUT2D eigenvalue weighted by Crippen LogP contribution is 2.40. The maximum Gasteiger partial charge on any atom is 0.305 e. The lowest BCUT2D eigenvalue weighted by atomic mass is 9.89. The molecule has 0 radical (unpaired) electrons. The van der Waals surface area contributed by atoms with Gasteiger partial charge in [0.1, 0.15) is 5.75 Å². The molecule has 0 aliphatic carbocycles. The van der Waals surface area contributed by atoms with E-state index in [1.807, 2.05) is 13.0 Å². The van der Waals surface area contributed by atoms with Crippen LogP contribution in [0.25, 0.3) is 0 Å². The monoisotopic (exact) mass is 399 g/mol. The van der Waals surface area contributed by atoms with Gasteiger partial charge in [-0.1, -0.05) is 0 Å². The fourth-order valence-electron chi connectivity index (χ4n) is 3.68. The van der Waals surface area contributed by atoms with Crippen molar-refractivity contribution in [2.24, 2.45) is 0 Å². The molecule has 0 spiro atoms. The van der Waals surface area contributed by atoms with Gasteiger partial charge in [-0.2, -0.15) is 0 Å². The minimum absolute atomic E-state index is 0.189. The predicted molar refractivity (Wildman–Crippen MR) is 107 cm³/mol. The van der Waals surface area contributed by atoms with Crippen molar-refractivity contribution in [3.8, 4) is 17.2 Å². The first-order valence-electron chi connectivity index (χ1n) is 9.48. The molecule has 1 heterocycles. The second-order valence-corrected chi connectivity index (χ2v) is 6.73. The number of methoxy groups -OCH3 is 2. The molecule has 1 N–H and O–H groups in total. The fourth-order valence-corrected chi connectivity index (χ4v) is 3.68. The van der Waals surface area contributed by atoms with Crippen LogP contribution in [0.5, 0.6) is 17.2 Å². The summed E-state index contributed by atoms with van der Waals surface area (Å²) in [5, 5.41) is 9.47. The summed E-state index contributed by atoms with van der Waals surface area (Å²) >= 11 is 0. The van der Waals surface area contributed by atoms with Crippen molar-refractivity contribution in [2.75, 3.05) is 27.4 Å². The molecule has 2 aromatic carbocycles. The Morgan fingerprint density at radius 1 is 1.10 bits per heavy atom. The van der Waals surface area contributed by atoms with E-state index in [9.17, 15) is 14.7 Å². The van der Waals surface area contributed by atoms with Gasteiger partial charge in [0.2, 0.25) is 0 Å². The largest absolute Gasteiger partial charge is 0.494 e. The standard InChI is InChI=1S/C22H25NO6/c1-4-29-16-7-5-14(6-8-16)22(26)23-10-9-15-11-19(27-2)20(28-3)12-17(15)18(23)13-21(24)25/h5-8,11-12,18H,4,9-10,13H2,1-3H3,(H,24,25). The second kappa shape index (κ2) is 8.86. The van der Waals surface area contributed by atoms with Crippen LogP contribution in [0, 0.1) is 0 Å². The van der Waals surface area contributed by atoms with Crippen LogP contribution >= 0.6 is 0 Å². The number of ether oxygens (including phenoxy) is 3. The minimum atomic E-state index is -0.970. The van der Waals surface area contributed by atoms with Crippen LogP contribution in [0.2, 0.25) is 0 Å². The Balaban J connectivity index is 1.96. The van der Waals surface area contributed by atoms with E-state index in [4.69, 9.17) is 14.2 Å². The van der Waals surface area contributed by atoms with Gasteiger partial charge >= 0.3 is 5.97 Å². The summed E-state index contributed by atoms with van der Waals surface area (Å²) in [5.74, 6) is 0.609. The zero-order valence-electron chi connectivity index (χ0n) is 16.8. The van der Waals surface area contributed by atoms with Gasteiger partial charge < -0.3 is 24.2 Å². The first kappa shape index (κ1) is 20.5. The molecule has 2 aromatic rings. The van der Waals surface area contributed by atoms with E-state index in [2.05, 4.69) is 0 Å². The Labute approximate surface area is 169 Å². The molecule has 1 amide bonds. The van der Waals surface area contributed by atoms with Gasteiger partial charge in [-0.15, -0.1) is 0 Å². The van der Waals surface area contributed by atoms with Crippen molar-refractivity contribution < 1.29 is 28.9 Å². The lowest BCUT2D eigenvalue weighted by Gasteiger charge is -2.37. The van der Waals surface area contributed by atoms with E-state index in [1.54, 1.807) is 42.3 Å². The maximum absolute atomic E-state index is 13.2. The quantitative estimate of drug-likeness (QED) is 0.769. The van der Waals surface area contributed by atoms with Crippen LogP contribution < -0.4 is 14.2 Å². The number of fused-ring (bicyclic) bond motifs is 1. The van der Waals surface area contributed by atoms with Gasteiger partial charge in [0.05, 0.1) is 33.3 Å². The molecule has 0 fully saturated rings. The van der Waals surface area contributed by atoms with E-state index in [1.165, 1.54) is 7.11 Å². The van der Waals surface area contributed by atoms with Gasteiger partial charge in [0, 0.05) is 12.1 Å². The molecule has 1 aliphatic heterocycles. The van der Waals surface area contributed by atoms with Crippen molar-refractivity contribution in [1.82, 2.24) is 4.90 Å². The average Bonchev–Trinajstić information content (AvgIpc) is 2.73. The highest BCUT2D eigenvalue weighted by atomic mass is 16.5. The van der Waals surface area contributed by atoms with E-state index in [0.29, 0.717) is 42.4 Å². The van der Waals surface area contributed by atoms with Crippen molar-refractivity contribution in [3.05, 3.63) is 53.1 Å². The fraction of sp³-hybridized carbons (Fsp3) is 0.364. The van der Waals surface area contributed by atoms with E-state index in [0.717, 1.165) is 11.1 Å². The predicted octanol–water partition coefficient (Wildman–Crippen LogP) is 3.32. The zero-order valence-corrected chi connectivity index (χ0v) is 16.8. The number of carboxylic acids is 1. The lowest BCUT2D eigenvalue weighted by molar-refractivity contribution is -0.138. The Bertz CT molecular complexity index is 893. The number of nitrogens with zero attached hydrogens (tertiary/aromatic N) is 1. The zero-order chi connectivity index (χ0) is 21.0. The van der Waals surface area contributed by atoms with Crippen molar-refractivity contribution in [3.63, 3.8) is 0 Å². The molecule has 154 valence electrons. The van der Waals surface area contributed by atoms with Crippen LogP contribution in [0.3, 0.4) is 0 Å². The Morgan fingerprint density at radius 3 is 2.34 bits per heavy atom. The SMILES string of the molecule is CCOc1ccc(C(=O)N2CCc3cc(OC)c(OC)cc3C2CC(=O)O)cc1. The number of carbonyl (C=O) groups is 2. The lowest BCUT2D eigenvalue weighted by Crippen LogP contribution is -2.41. The molecule has 1 unspecified atom stereocenters. The van der Waals surface area contributed by atoms with Gasteiger partial charge in [-0.3, -0.25) is 9.59 Å². The minimum Gasteiger partial charge on any atom is -0.494 e. The number of aliphatic carboxylic acids is 1. The normalized spacial score (nSPS) is 15.4. The third-order valence-electron chi connectivity index (χ3n) is 5.04. The van der Waals surface area contributed by atoms with Crippen LogP contribution in [0.1, 0.15) is 40.9 Å². The van der Waals surface area contributed by atoms with Crippen LogP contribution in [-0.4, -0.2) is 49.3 Å². The summed E-state index contributed by atoms with van der Waals surface area (Å²) in [6.07, 6.45) is 0.416. The summed E-state index contributed by atoms with van der Waals surface area (Å²) in [6, 6.07) is 9.95. The van der Waals surface area contributed by atoms with Crippen molar-refractivity contribution in [2.45, 2.75) is 25.8 Å². The molecular weight excluding hydrogens is 374 g/mol. The summed E-state index contributed by atoms with van der Waals surface area (Å²) in [4.78, 5) is 26.4. The summed E-state index contributed by atoms with van der Waals surface area (Å²) in [6.45, 7) is 2.86. The topological polar surface area (TPSA) is 85.3 Å². The molecule has 0 saturated carbocycles. The highest BCUT2D eigenvalue weighted by Gasteiger charge is 2.34. The van der Waals surface area contributed by atoms with E-state index < -0.39 is 12.0 Å². The molecule has 29 heavy (non-hydrogen) atoms. The number of benzene rings is 2. The first-order chi connectivity index (χ1) is 14.0. The van der Waals surface area contributed by atoms with Gasteiger partial charge in [0.15, 0.2) is 11.5 Å². The van der Waals surface area contributed by atoms with Crippen LogP contribution in [0.4, 0.5) is 0 Å². The van der Waals surface area contributed by atoms with Crippen molar-refractivity contribution in [1.29, 1.82) is 0 Å². The van der Waals surface area contributed by atoms with Crippen LogP contribution in [0.15, 0.2) is 36.4 Å². The summed E-state index contributed by atoms with van der Waals surface area (Å²) in [7, 11) is 3.09. The van der Waals surface area contributed by atoms with E-state index in [-0.39, 0.29) is 12.3 Å².